The number of hydrogen-bond donors (Lipinski definition) is 0. The van der Waals surface area contributed by atoms with Crippen LogP contribution in [0.4, 0.5) is 0 Å². The largest absolute Gasteiger partial charge is 0.453 e. The third-order valence-corrected chi connectivity index (χ3v) is 10.9. The SMILES string of the molecule is c1ccc(-c2ccc(-c3nc(-c4ccccc4)nc(-c4ccc(-c5ccc6c(c5)nc(-c5ccccc5)c5c(-c7ccccn7)c(-c7ccccn7)oc56)cc4)n3)cc2)cc1. The van der Waals surface area contributed by atoms with Crippen molar-refractivity contribution in [3.8, 4) is 90.4 Å². The molecule has 0 spiro atoms. The Bertz CT molecular complexity index is 3300. The van der Waals surface area contributed by atoms with Gasteiger partial charge in [0.05, 0.1) is 27.9 Å². The minimum Gasteiger partial charge on any atom is -0.453 e. The van der Waals surface area contributed by atoms with Gasteiger partial charge in [-0.3, -0.25) is 9.97 Å². The molecule has 11 rings (SSSR count). The second-order valence-electron chi connectivity index (χ2n) is 14.7. The van der Waals surface area contributed by atoms with E-state index in [2.05, 4.69) is 103 Å². The molecule has 0 bridgehead atoms. The fraction of sp³-hybridized carbons (Fsp3) is 0. The first-order valence-electron chi connectivity index (χ1n) is 20.1. The van der Waals surface area contributed by atoms with Crippen molar-refractivity contribution in [1.29, 1.82) is 0 Å². The Morgan fingerprint density at radius 2 is 0.787 bits per heavy atom. The predicted octanol–water partition coefficient (Wildman–Crippen LogP) is 13.3. The fourth-order valence-corrected chi connectivity index (χ4v) is 7.86. The number of aromatic nitrogens is 6. The van der Waals surface area contributed by atoms with E-state index in [4.69, 9.17) is 34.3 Å². The lowest BCUT2D eigenvalue weighted by Gasteiger charge is -2.11. The molecule has 0 radical (unpaired) electrons. The molecule has 0 saturated heterocycles. The van der Waals surface area contributed by atoms with Crippen LogP contribution in [0.25, 0.3) is 112 Å². The van der Waals surface area contributed by atoms with Crippen molar-refractivity contribution in [2.45, 2.75) is 0 Å². The highest BCUT2D eigenvalue weighted by Gasteiger charge is 2.25. The molecule has 7 heteroatoms. The number of benzene rings is 6. The normalized spacial score (nSPS) is 11.3. The molecule has 0 saturated carbocycles. The minimum absolute atomic E-state index is 0.600. The molecule has 286 valence electrons. The van der Waals surface area contributed by atoms with Crippen LogP contribution in [0.3, 0.4) is 0 Å². The van der Waals surface area contributed by atoms with Crippen LogP contribution in [-0.2, 0) is 0 Å². The molecule has 0 amide bonds. The molecule has 5 aromatic heterocycles. The summed E-state index contributed by atoms with van der Waals surface area (Å²) in [6.45, 7) is 0. The maximum Gasteiger partial charge on any atom is 0.164 e. The van der Waals surface area contributed by atoms with Gasteiger partial charge in [0.25, 0.3) is 0 Å². The number of nitrogens with zero attached hydrogens (tertiary/aromatic N) is 6. The summed E-state index contributed by atoms with van der Waals surface area (Å²) in [6, 6.07) is 65.5. The van der Waals surface area contributed by atoms with E-state index in [-0.39, 0.29) is 0 Å². The van der Waals surface area contributed by atoms with Gasteiger partial charge in [0, 0.05) is 40.0 Å². The van der Waals surface area contributed by atoms with Gasteiger partial charge in [-0.15, -0.1) is 0 Å². The Hall–Kier alpha value is -8.42. The number of fused-ring (bicyclic) bond motifs is 3. The molecule has 0 unspecified atom stereocenters. The molecular formula is C54H34N6O. The maximum absolute atomic E-state index is 6.87. The minimum atomic E-state index is 0.600. The van der Waals surface area contributed by atoms with E-state index in [1.807, 2.05) is 91.0 Å². The monoisotopic (exact) mass is 782 g/mol. The van der Waals surface area contributed by atoms with E-state index in [9.17, 15) is 0 Å². The zero-order valence-electron chi connectivity index (χ0n) is 32.7. The van der Waals surface area contributed by atoms with E-state index in [1.165, 1.54) is 0 Å². The van der Waals surface area contributed by atoms with Crippen LogP contribution in [0.2, 0.25) is 0 Å². The average Bonchev–Trinajstić information content (AvgIpc) is 3.76. The smallest absolute Gasteiger partial charge is 0.164 e. The van der Waals surface area contributed by atoms with Crippen LogP contribution in [0.1, 0.15) is 0 Å². The van der Waals surface area contributed by atoms with Gasteiger partial charge < -0.3 is 4.42 Å². The third kappa shape index (κ3) is 6.80. The number of furan rings is 1. The Balaban J connectivity index is 1.01. The summed E-state index contributed by atoms with van der Waals surface area (Å²) >= 11 is 0. The second-order valence-corrected chi connectivity index (χ2v) is 14.7. The molecule has 0 aliphatic rings. The molecule has 7 nitrogen and oxygen atoms in total. The summed E-state index contributed by atoms with van der Waals surface area (Å²) in [5.74, 6) is 2.49. The zero-order valence-corrected chi connectivity index (χ0v) is 32.7. The average molecular weight is 783 g/mol. The highest BCUT2D eigenvalue weighted by Crippen LogP contribution is 2.46. The van der Waals surface area contributed by atoms with Gasteiger partial charge in [0.2, 0.25) is 0 Å². The Kier molecular flexibility index (Phi) is 9.02. The van der Waals surface area contributed by atoms with Gasteiger partial charge in [-0.05, 0) is 58.7 Å². The van der Waals surface area contributed by atoms with Crippen LogP contribution >= 0.6 is 0 Å². The maximum atomic E-state index is 6.87. The molecule has 6 aromatic carbocycles. The summed E-state index contributed by atoms with van der Waals surface area (Å²) in [7, 11) is 0. The Labute approximate surface area is 351 Å². The zero-order chi connectivity index (χ0) is 40.5. The second kappa shape index (κ2) is 15.4. The predicted molar refractivity (Wildman–Crippen MR) is 244 cm³/mol. The molecule has 0 atom stereocenters. The lowest BCUT2D eigenvalue weighted by molar-refractivity contribution is 0.632. The quantitative estimate of drug-likeness (QED) is 0.152. The molecule has 0 aliphatic heterocycles. The lowest BCUT2D eigenvalue weighted by atomic mass is 9.97. The van der Waals surface area contributed by atoms with Crippen molar-refractivity contribution in [1.82, 2.24) is 29.9 Å². The molecular weight excluding hydrogens is 749 g/mol. The standard InChI is InChI=1S/C54H34N6O/c1-4-14-35(15-5-1)36-22-26-40(27-23-36)53-58-52(39-18-8-3-9-19-39)59-54(60-53)41-28-24-37(25-29-41)42-30-31-43-46(34-42)57-49(38-16-6-2-7-17-38)48-47(44-20-10-12-32-55-44)51(61-50(43)48)45-21-11-13-33-56-45/h1-34H. The molecule has 61 heavy (non-hydrogen) atoms. The van der Waals surface area contributed by atoms with E-state index < -0.39 is 0 Å². The van der Waals surface area contributed by atoms with E-state index in [1.54, 1.807) is 12.4 Å². The van der Waals surface area contributed by atoms with E-state index in [0.717, 1.165) is 89.0 Å². The van der Waals surface area contributed by atoms with Crippen molar-refractivity contribution in [3.63, 3.8) is 0 Å². The van der Waals surface area contributed by atoms with Crippen LogP contribution in [-0.4, -0.2) is 29.9 Å². The van der Waals surface area contributed by atoms with Gasteiger partial charge in [0.15, 0.2) is 23.2 Å². The first kappa shape index (κ1) is 35.7. The topological polar surface area (TPSA) is 90.5 Å². The summed E-state index contributed by atoms with van der Waals surface area (Å²) in [6.07, 6.45) is 3.58. The molecule has 5 heterocycles. The van der Waals surface area contributed by atoms with Crippen molar-refractivity contribution < 1.29 is 4.42 Å². The summed E-state index contributed by atoms with van der Waals surface area (Å²) < 4.78 is 6.87. The highest BCUT2D eigenvalue weighted by molar-refractivity contribution is 6.16. The summed E-state index contributed by atoms with van der Waals surface area (Å²) in [5.41, 5.74) is 12.8. The van der Waals surface area contributed by atoms with Crippen LogP contribution in [0.15, 0.2) is 211 Å². The van der Waals surface area contributed by atoms with Crippen molar-refractivity contribution in [2.75, 3.05) is 0 Å². The van der Waals surface area contributed by atoms with Crippen LogP contribution in [0, 0.1) is 0 Å². The van der Waals surface area contributed by atoms with E-state index >= 15 is 0 Å². The lowest BCUT2D eigenvalue weighted by Crippen LogP contribution is -2.00. The van der Waals surface area contributed by atoms with E-state index in [0.29, 0.717) is 23.2 Å². The number of hydrogen-bond acceptors (Lipinski definition) is 7. The molecule has 0 fully saturated rings. The third-order valence-electron chi connectivity index (χ3n) is 10.9. The summed E-state index contributed by atoms with van der Waals surface area (Å²) in [5, 5.41) is 1.80. The van der Waals surface area contributed by atoms with Gasteiger partial charge in [0.1, 0.15) is 11.3 Å². The fourth-order valence-electron chi connectivity index (χ4n) is 7.86. The Morgan fingerprint density at radius 1 is 0.344 bits per heavy atom. The molecule has 11 aromatic rings. The van der Waals surface area contributed by atoms with Gasteiger partial charge in [-0.25, -0.2) is 19.9 Å². The molecule has 0 aliphatic carbocycles. The van der Waals surface area contributed by atoms with Gasteiger partial charge in [-0.1, -0.05) is 158 Å². The first-order chi connectivity index (χ1) is 30.2. The van der Waals surface area contributed by atoms with Gasteiger partial charge >= 0.3 is 0 Å². The van der Waals surface area contributed by atoms with Gasteiger partial charge in [-0.2, -0.15) is 0 Å². The van der Waals surface area contributed by atoms with Crippen molar-refractivity contribution in [2.24, 2.45) is 0 Å². The first-order valence-corrected chi connectivity index (χ1v) is 20.1. The molecule has 0 N–H and O–H groups in total. The van der Waals surface area contributed by atoms with Crippen LogP contribution in [0.5, 0.6) is 0 Å². The van der Waals surface area contributed by atoms with Crippen molar-refractivity contribution in [3.05, 3.63) is 207 Å². The Morgan fingerprint density at radius 3 is 1.34 bits per heavy atom. The van der Waals surface area contributed by atoms with Crippen LogP contribution < -0.4 is 0 Å². The summed E-state index contributed by atoms with van der Waals surface area (Å²) in [4.78, 5) is 29.8. The van der Waals surface area contributed by atoms with Crippen molar-refractivity contribution >= 4 is 21.9 Å². The number of rotatable bonds is 8. The highest BCUT2D eigenvalue weighted by atomic mass is 16.3. The number of pyridine rings is 3.